The molecule has 1 saturated heterocycles. The molecule has 0 bridgehead atoms. The van der Waals surface area contributed by atoms with Crippen molar-refractivity contribution < 1.29 is 24.2 Å². The number of carbonyl (C=O) groups excluding carboxylic acids is 3. The lowest BCUT2D eigenvalue weighted by Gasteiger charge is -2.32. The number of ether oxygens (including phenoxy) is 1. The van der Waals surface area contributed by atoms with Gasteiger partial charge in [0.15, 0.2) is 0 Å². The third-order valence-electron chi connectivity index (χ3n) is 9.49. The molecule has 2 fully saturated rings. The number of aliphatic hydroxyl groups is 1. The number of morpholine rings is 1. The fourth-order valence-electron chi connectivity index (χ4n) is 6.71. The highest BCUT2D eigenvalue weighted by molar-refractivity contribution is 7.99. The van der Waals surface area contributed by atoms with Crippen molar-refractivity contribution in [3.8, 4) is 0 Å². The summed E-state index contributed by atoms with van der Waals surface area (Å²) < 4.78 is 5.42. The van der Waals surface area contributed by atoms with Gasteiger partial charge in [-0.15, -0.1) is 11.8 Å². The number of nitrogens with one attached hydrogen (secondary N) is 3. The van der Waals surface area contributed by atoms with Crippen molar-refractivity contribution in [1.82, 2.24) is 30.5 Å². The van der Waals surface area contributed by atoms with Crippen molar-refractivity contribution >= 4 is 29.5 Å². The van der Waals surface area contributed by atoms with Gasteiger partial charge in [0.05, 0.1) is 48.3 Å². The third kappa shape index (κ3) is 12.0. The molecule has 3 heterocycles. The van der Waals surface area contributed by atoms with Gasteiger partial charge in [0.25, 0.3) is 0 Å². The van der Waals surface area contributed by atoms with E-state index in [1.807, 2.05) is 48.5 Å². The van der Waals surface area contributed by atoms with Gasteiger partial charge in [0.1, 0.15) is 6.04 Å². The molecular formula is C37H50N6O5S. The van der Waals surface area contributed by atoms with Crippen LogP contribution in [0.25, 0.3) is 0 Å². The number of imidazole rings is 1. The molecule has 3 aromatic rings. The Morgan fingerprint density at radius 1 is 0.959 bits per heavy atom. The lowest BCUT2D eigenvalue weighted by atomic mass is 9.83. The van der Waals surface area contributed by atoms with E-state index in [-0.39, 0.29) is 30.6 Å². The second-order valence-corrected chi connectivity index (χ2v) is 14.3. The molecule has 5 rings (SSSR count). The van der Waals surface area contributed by atoms with Crippen LogP contribution in [0.15, 0.2) is 72.3 Å². The Morgan fingerprint density at radius 2 is 1.73 bits per heavy atom. The molecule has 4 atom stereocenters. The first-order valence-corrected chi connectivity index (χ1v) is 18.6. The minimum Gasteiger partial charge on any atom is -0.391 e. The molecule has 1 aliphatic heterocycles. The third-order valence-corrected chi connectivity index (χ3v) is 10.5. The molecule has 0 radical (unpaired) electrons. The molecular weight excluding hydrogens is 641 g/mol. The summed E-state index contributed by atoms with van der Waals surface area (Å²) in [5, 5.41) is 18.5. The number of nitrogens with zero attached hydrogens (tertiary/aromatic N) is 3. The van der Waals surface area contributed by atoms with Gasteiger partial charge in [0.2, 0.25) is 17.7 Å². The van der Waals surface area contributed by atoms with Crippen LogP contribution in [-0.4, -0.2) is 92.9 Å². The molecule has 1 saturated carbocycles. The highest BCUT2D eigenvalue weighted by Gasteiger charge is 2.33. The van der Waals surface area contributed by atoms with Crippen LogP contribution in [0.1, 0.15) is 62.6 Å². The number of aromatic nitrogens is 3. The first-order valence-electron chi connectivity index (χ1n) is 17.6. The Kier molecular flexibility index (Phi) is 14.5. The van der Waals surface area contributed by atoms with Crippen molar-refractivity contribution in [1.29, 1.82) is 0 Å². The zero-order valence-electron chi connectivity index (χ0n) is 28.2. The number of hydrogen-bond donors (Lipinski definition) is 4. The summed E-state index contributed by atoms with van der Waals surface area (Å²) in [5.74, 6) is -0.450. The van der Waals surface area contributed by atoms with Gasteiger partial charge in [-0.3, -0.25) is 14.4 Å². The van der Waals surface area contributed by atoms with Crippen LogP contribution in [-0.2, 0) is 32.0 Å². The predicted octanol–water partition coefficient (Wildman–Crippen LogP) is 3.94. The van der Waals surface area contributed by atoms with Crippen molar-refractivity contribution in [2.45, 2.75) is 87.4 Å². The monoisotopic (exact) mass is 690 g/mol. The van der Waals surface area contributed by atoms with Crippen LogP contribution in [0, 0.1) is 11.8 Å². The van der Waals surface area contributed by atoms with Crippen molar-refractivity contribution in [2.24, 2.45) is 11.8 Å². The minimum absolute atomic E-state index is 0.0223. The zero-order chi connectivity index (χ0) is 34.3. The summed E-state index contributed by atoms with van der Waals surface area (Å²) in [5.41, 5.74) is 1.56. The molecule has 2 aromatic heterocycles. The lowest BCUT2D eigenvalue weighted by Crippen LogP contribution is -2.55. The van der Waals surface area contributed by atoms with E-state index in [2.05, 4.69) is 25.6 Å². The Balaban J connectivity index is 1.30. The molecule has 2 aliphatic rings. The largest absolute Gasteiger partial charge is 0.391 e. The molecule has 4 N–H and O–H groups in total. The van der Waals surface area contributed by atoms with Crippen molar-refractivity contribution in [3.05, 3.63) is 78.5 Å². The van der Waals surface area contributed by atoms with E-state index in [9.17, 15) is 19.5 Å². The summed E-state index contributed by atoms with van der Waals surface area (Å²) in [7, 11) is 0. The summed E-state index contributed by atoms with van der Waals surface area (Å²) in [4.78, 5) is 54.9. The van der Waals surface area contributed by atoms with E-state index >= 15 is 0 Å². The lowest BCUT2D eigenvalue weighted by molar-refractivity contribution is -0.140. The number of amides is 3. The Labute approximate surface area is 293 Å². The van der Waals surface area contributed by atoms with Crippen LogP contribution < -0.4 is 10.6 Å². The molecule has 1 aliphatic carbocycles. The molecule has 1 aromatic carbocycles. The summed E-state index contributed by atoms with van der Waals surface area (Å²) >= 11 is 1.58. The smallest absolute Gasteiger partial charge is 0.243 e. The molecule has 0 spiro atoms. The van der Waals surface area contributed by atoms with Crippen molar-refractivity contribution in [2.75, 3.05) is 32.1 Å². The predicted molar refractivity (Wildman–Crippen MR) is 189 cm³/mol. The Hall–Kier alpha value is -3.74. The first kappa shape index (κ1) is 36.5. The van der Waals surface area contributed by atoms with E-state index < -0.39 is 24.1 Å². The number of benzene rings is 1. The number of rotatable bonds is 17. The van der Waals surface area contributed by atoms with Gasteiger partial charge in [-0.25, -0.2) is 9.97 Å². The average molecular weight is 691 g/mol. The van der Waals surface area contributed by atoms with Gasteiger partial charge >= 0.3 is 0 Å². The highest BCUT2D eigenvalue weighted by atomic mass is 32.2. The van der Waals surface area contributed by atoms with Gasteiger partial charge in [-0.05, 0) is 42.9 Å². The molecule has 49 heavy (non-hydrogen) atoms. The topological polar surface area (TPSA) is 150 Å². The number of pyridine rings is 1. The second kappa shape index (κ2) is 19.4. The van der Waals surface area contributed by atoms with Gasteiger partial charge in [0, 0.05) is 44.1 Å². The summed E-state index contributed by atoms with van der Waals surface area (Å²) in [6, 6.07) is 14.0. The van der Waals surface area contributed by atoms with E-state index in [0.29, 0.717) is 62.9 Å². The fourth-order valence-corrected chi connectivity index (χ4v) is 7.59. The number of hydrogen-bond acceptors (Lipinski definition) is 8. The van der Waals surface area contributed by atoms with Crippen LogP contribution in [0.5, 0.6) is 0 Å². The summed E-state index contributed by atoms with van der Waals surface area (Å²) in [6.07, 6.45) is 11.6. The van der Waals surface area contributed by atoms with E-state index in [4.69, 9.17) is 4.74 Å². The standard InChI is InChI=1S/C37H50N6O5S/c44-33(14-20-49-34-13-7-8-15-39-34)31(22-28-11-5-2-6-12-28)41-37(47)32(24-30-25-38-26-40-30)42-36(46)29(21-27-9-3-1-4-10-27)23-35(45)43-16-18-48-19-17-43/h1,3-4,7-10,13,15,25-26,28-29,31-33,44H,2,5-6,11-12,14,16-24H2,(H,38,40)(H,41,47)(H,42,46)/t29?,31-,32-,33-/m0/s1. The van der Waals surface area contributed by atoms with Gasteiger partial charge in [-0.1, -0.05) is 68.5 Å². The molecule has 264 valence electrons. The fraction of sp³-hybridized carbons (Fsp3) is 0.541. The maximum atomic E-state index is 14.1. The second-order valence-electron chi connectivity index (χ2n) is 13.1. The van der Waals surface area contributed by atoms with Crippen LogP contribution in [0.3, 0.4) is 0 Å². The van der Waals surface area contributed by atoms with E-state index in [1.165, 1.54) is 6.42 Å². The number of carbonyl (C=O) groups is 3. The van der Waals surface area contributed by atoms with Crippen LogP contribution in [0.4, 0.5) is 0 Å². The van der Waals surface area contributed by atoms with Crippen molar-refractivity contribution in [3.63, 3.8) is 0 Å². The first-order chi connectivity index (χ1) is 23.9. The maximum Gasteiger partial charge on any atom is 0.243 e. The Bertz CT molecular complexity index is 1420. The molecule has 3 amide bonds. The van der Waals surface area contributed by atoms with Crippen LogP contribution in [0.2, 0.25) is 0 Å². The summed E-state index contributed by atoms with van der Waals surface area (Å²) in [6.45, 7) is 1.94. The van der Waals surface area contributed by atoms with Gasteiger partial charge < -0.3 is 30.4 Å². The SMILES string of the molecule is O=C(N[C@@H](Cc1c[nH]cn1)C(=O)N[C@@H](CC1CCCCC1)[C@@H](O)CCSc1ccccn1)C(CC(=O)N1CCOCC1)Cc1ccccc1. The number of H-pyrrole nitrogens is 1. The minimum atomic E-state index is -0.948. The van der Waals surface area contributed by atoms with Gasteiger partial charge in [-0.2, -0.15) is 0 Å². The normalized spacial score (nSPS) is 17.9. The Morgan fingerprint density at radius 3 is 2.45 bits per heavy atom. The average Bonchev–Trinajstić information content (AvgIpc) is 3.65. The van der Waals surface area contributed by atoms with E-state index in [0.717, 1.165) is 36.3 Å². The molecule has 12 heteroatoms. The quantitative estimate of drug-likeness (QED) is 0.156. The number of aromatic amines is 1. The number of thioether (sulfide) groups is 1. The maximum absolute atomic E-state index is 14.1. The zero-order valence-corrected chi connectivity index (χ0v) is 29.0. The van der Waals surface area contributed by atoms with E-state index in [1.54, 1.807) is 35.4 Å². The molecule has 1 unspecified atom stereocenters. The highest BCUT2D eigenvalue weighted by Crippen LogP contribution is 2.29. The molecule has 11 nitrogen and oxygen atoms in total. The number of aliphatic hydroxyl groups excluding tert-OH is 1. The van der Waals surface area contributed by atoms with Crippen LogP contribution >= 0.6 is 11.8 Å².